The summed E-state index contributed by atoms with van der Waals surface area (Å²) in [5.41, 5.74) is 5.04. The molecular formula is C29H37N5O. The molecule has 1 aromatic carbocycles. The van der Waals surface area contributed by atoms with Crippen molar-refractivity contribution in [3.63, 3.8) is 0 Å². The summed E-state index contributed by atoms with van der Waals surface area (Å²) in [7, 11) is 0. The molecule has 6 aliphatic rings. The Hall–Kier alpha value is -2.47. The molecule has 2 aliphatic heterocycles. The second-order valence-corrected chi connectivity index (χ2v) is 11.9. The van der Waals surface area contributed by atoms with Crippen molar-refractivity contribution in [2.45, 2.75) is 58.0 Å². The van der Waals surface area contributed by atoms with E-state index in [0.717, 1.165) is 80.1 Å². The minimum atomic E-state index is 0.219. The molecule has 8 rings (SSSR count). The van der Waals surface area contributed by atoms with Gasteiger partial charge in [0, 0.05) is 31.7 Å². The van der Waals surface area contributed by atoms with Crippen molar-refractivity contribution >= 4 is 11.7 Å². The maximum absolute atomic E-state index is 13.2. The lowest BCUT2D eigenvalue weighted by molar-refractivity contribution is -0.133. The molecule has 4 bridgehead atoms. The Labute approximate surface area is 208 Å². The third kappa shape index (κ3) is 4.14. The molecule has 1 N–H and O–H groups in total. The molecule has 35 heavy (non-hydrogen) atoms. The SMILES string of the molecule is O=C(CN1CCc2ccccc2C1)N1CCc2c(ncnc2NCC2C3CC4CC(C3)CC2C4)C1. The van der Waals surface area contributed by atoms with Gasteiger partial charge >= 0.3 is 0 Å². The van der Waals surface area contributed by atoms with Crippen LogP contribution in [0.4, 0.5) is 5.82 Å². The first kappa shape index (κ1) is 21.8. The molecule has 6 nitrogen and oxygen atoms in total. The van der Waals surface area contributed by atoms with Crippen molar-refractivity contribution in [3.8, 4) is 0 Å². The number of carbonyl (C=O) groups excluding carboxylic acids is 1. The zero-order chi connectivity index (χ0) is 23.4. The van der Waals surface area contributed by atoms with E-state index in [2.05, 4.69) is 44.5 Å². The van der Waals surface area contributed by atoms with Gasteiger partial charge < -0.3 is 10.2 Å². The van der Waals surface area contributed by atoms with Crippen LogP contribution in [0.25, 0.3) is 0 Å². The average molecular weight is 472 g/mol. The van der Waals surface area contributed by atoms with E-state index in [1.807, 2.05) is 4.90 Å². The molecule has 2 aromatic rings. The van der Waals surface area contributed by atoms with Gasteiger partial charge in [0.15, 0.2) is 0 Å². The Morgan fingerprint density at radius 2 is 1.69 bits per heavy atom. The van der Waals surface area contributed by atoms with Gasteiger partial charge in [-0.25, -0.2) is 9.97 Å². The fraction of sp³-hybridized carbons (Fsp3) is 0.621. The Morgan fingerprint density at radius 3 is 2.49 bits per heavy atom. The Balaban J connectivity index is 0.978. The van der Waals surface area contributed by atoms with E-state index in [1.165, 1.54) is 48.8 Å². The minimum Gasteiger partial charge on any atom is -0.369 e. The summed E-state index contributed by atoms with van der Waals surface area (Å²) in [5.74, 6) is 5.93. The zero-order valence-electron chi connectivity index (χ0n) is 20.7. The number of benzene rings is 1. The molecule has 4 aliphatic carbocycles. The molecule has 184 valence electrons. The van der Waals surface area contributed by atoms with Crippen molar-refractivity contribution in [2.75, 3.05) is 31.5 Å². The lowest BCUT2D eigenvalue weighted by Crippen LogP contribution is -2.47. The normalized spacial score (nSPS) is 31.2. The number of fused-ring (bicyclic) bond motifs is 2. The summed E-state index contributed by atoms with van der Waals surface area (Å²) in [6.45, 7) is 4.73. The number of hydrogen-bond donors (Lipinski definition) is 1. The molecule has 6 heteroatoms. The number of nitrogens with one attached hydrogen (secondary N) is 1. The minimum absolute atomic E-state index is 0.219. The molecule has 4 saturated carbocycles. The summed E-state index contributed by atoms with van der Waals surface area (Å²) in [5, 5.41) is 3.76. The van der Waals surface area contributed by atoms with Gasteiger partial charge in [-0.2, -0.15) is 0 Å². The van der Waals surface area contributed by atoms with Gasteiger partial charge in [-0.1, -0.05) is 24.3 Å². The first-order chi connectivity index (χ1) is 17.2. The second-order valence-electron chi connectivity index (χ2n) is 11.9. The van der Waals surface area contributed by atoms with Crippen molar-refractivity contribution in [1.29, 1.82) is 0 Å². The largest absolute Gasteiger partial charge is 0.369 e. The van der Waals surface area contributed by atoms with E-state index in [1.54, 1.807) is 6.33 Å². The summed E-state index contributed by atoms with van der Waals surface area (Å²) in [4.78, 5) is 26.7. The molecule has 1 aromatic heterocycles. The van der Waals surface area contributed by atoms with Crippen LogP contribution in [0.15, 0.2) is 30.6 Å². The van der Waals surface area contributed by atoms with E-state index in [9.17, 15) is 4.79 Å². The van der Waals surface area contributed by atoms with Gasteiger partial charge in [-0.05, 0) is 85.7 Å². The van der Waals surface area contributed by atoms with Gasteiger partial charge in [0.1, 0.15) is 12.1 Å². The Morgan fingerprint density at radius 1 is 0.914 bits per heavy atom. The van der Waals surface area contributed by atoms with Crippen LogP contribution in [-0.4, -0.2) is 51.9 Å². The van der Waals surface area contributed by atoms with E-state index in [4.69, 9.17) is 0 Å². The number of carbonyl (C=O) groups is 1. The fourth-order valence-corrected chi connectivity index (χ4v) is 8.29. The van der Waals surface area contributed by atoms with Crippen molar-refractivity contribution in [3.05, 3.63) is 53.0 Å². The van der Waals surface area contributed by atoms with Crippen LogP contribution in [0.5, 0.6) is 0 Å². The monoisotopic (exact) mass is 471 g/mol. The van der Waals surface area contributed by atoms with Crippen LogP contribution in [0, 0.1) is 29.6 Å². The van der Waals surface area contributed by atoms with Crippen molar-refractivity contribution in [1.82, 2.24) is 19.8 Å². The zero-order valence-corrected chi connectivity index (χ0v) is 20.7. The van der Waals surface area contributed by atoms with Gasteiger partial charge in [0.25, 0.3) is 0 Å². The highest BCUT2D eigenvalue weighted by Crippen LogP contribution is 2.56. The molecule has 0 spiro atoms. The average Bonchev–Trinajstić information content (AvgIpc) is 2.87. The number of hydrogen-bond acceptors (Lipinski definition) is 5. The van der Waals surface area contributed by atoms with E-state index >= 15 is 0 Å². The molecule has 0 saturated heterocycles. The molecular weight excluding hydrogens is 434 g/mol. The molecule has 0 radical (unpaired) electrons. The summed E-state index contributed by atoms with van der Waals surface area (Å²) < 4.78 is 0. The van der Waals surface area contributed by atoms with Crippen molar-refractivity contribution in [2.24, 2.45) is 29.6 Å². The number of aromatic nitrogens is 2. The predicted octanol–water partition coefficient (Wildman–Crippen LogP) is 3.90. The molecule has 1 amide bonds. The molecule has 0 unspecified atom stereocenters. The maximum Gasteiger partial charge on any atom is 0.237 e. The fourth-order valence-electron chi connectivity index (χ4n) is 8.29. The van der Waals surface area contributed by atoms with E-state index < -0.39 is 0 Å². The third-order valence-electron chi connectivity index (χ3n) is 9.86. The van der Waals surface area contributed by atoms with Crippen LogP contribution in [0.2, 0.25) is 0 Å². The number of nitrogens with zero attached hydrogens (tertiary/aromatic N) is 4. The van der Waals surface area contributed by atoms with E-state index in [-0.39, 0.29) is 5.91 Å². The van der Waals surface area contributed by atoms with Crippen LogP contribution >= 0.6 is 0 Å². The van der Waals surface area contributed by atoms with Gasteiger partial charge in [0.05, 0.1) is 18.8 Å². The highest BCUT2D eigenvalue weighted by molar-refractivity contribution is 5.78. The lowest BCUT2D eigenvalue weighted by atomic mass is 9.52. The Bertz CT molecular complexity index is 1090. The lowest BCUT2D eigenvalue weighted by Gasteiger charge is -2.54. The van der Waals surface area contributed by atoms with Crippen molar-refractivity contribution < 1.29 is 4.79 Å². The van der Waals surface area contributed by atoms with Crippen LogP contribution < -0.4 is 5.32 Å². The highest BCUT2D eigenvalue weighted by Gasteiger charge is 2.47. The first-order valence-corrected chi connectivity index (χ1v) is 13.8. The number of amides is 1. The van der Waals surface area contributed by atoms with E-state index in [0.29, 0.717) is 13.1 Å². The van der Waals surface area contributed by atoms with Crippen LogP contribution in [-0.2, 0) is 30.7 Å². The smallest absolute Gasteiger partial charge is 0.237 e. The third-order valence-corrected chi connectivity index (χ3v) is 9.86. The number of rotatable bonds is 5. The quantitative estimate of drug-likeness (QED) is 0.717. The maximum atomic E-state index is 13.2. The molecule has 3 heterocycles. The molecule has 4 fully saturated rings. The molecule has 0 atom stereocenters. The first-order valence-electron chi connectivity index (χ1n) is 13.8. The summed E-state index contributed by atoms with van der Waals surface area (Å²) in [6, 6.07) is 8.61. The second kappa shape index (κ2) is 8.88. The predicted molar refractivity (Wildman–Crippen MR) is 136 cm³/mol. The van der Waals surface area contributed by atoms with Crippen LogP contribution in [0.3, 0.4) is 0 Å². The highest BCUT2D eigenvalue weighted by atomic mass is 16.2. The van der Waals surface area contributed by atoms with Gasteiger partial charge in [0.2, 0.25) is 5.91 Å². The standard InChI is InChI=1S/C29H37N5O/c35-28(17-33-7-5-21-3-1-2-4-22(21)15-33)34-8-6-25-27(16-34)31-18-32-29(25)30-14-26-23-10-19-9-20(12-23)13-24(26)11-19/h1-4,18-20,23-24,26H,5-17H2,(H,30,31,32). The summed E-state index contributed by atoms with van der Waals surface area (Å²) >= 11 is 0. The van der Waals surface area contributed by atoms with Gasteiger partial charge in [-0.3, -0.25) is 9.69 Å². The summed E-state index contributed by atoms with van der Waals surface area (Å²) in [6.07, 6.45) is 10.9. The van der Waals surface area contributed by atoms with Gasteiger partial charge in [-0.15, -0.1) is 0 Å². The topological polar surface area (TPSA) is 61.4 Å². The van der Waals surface area contributed by atoms with Crippen LogP contribution in [0.1, 0.15) is 54.5 Å². The Kier molecular flexibility index (Phi) is 5.53. The number of anilines is 1.